The number of carboxylic acids is 1. The van der Waals surface area contributed by atoms with E-state index in [0.29, 0.717) is 32.0 Å². The Bertz CT molecular complexity index is 646. The van der Waals surface area contributed by atoms with Crippen molar-refractivity contribution in [2.45, 2.75) is 38.0 Å². The second-order valence-electron chi connectivity index (χ2n) is 6.96. The van der Waals surface area contributed by atoms with E-state index in [1.165, 1.54) is 11.1 Å². The number of hydrogen-bond donors (Lipinski definition) is 2. The number of methoxy groups -OCH3 is 1. The summed E-state index contributed by atoms with van der Waals surface area (Å²) in [6, 6.07) is 6.02. The van der Waals surface area contributed by atoms with Crippen molar-refractivity contribution in [3.05, 3.63) is 29.3 Å². The molecule has 1 fully saturated rings. The Labute approximate surface area is 148 Å². The number of piperidine rings is 1. The van der Waals surface area contributed by atoms with E-state index in [0.717, 1.165) is 31.4 Å². The molecule has 1 aliphatic carbocycles. The third-order valence-corrected chi connectivity index (χ3v) is 5.35. The molecule has 25 heavy (non-hydrogen) atoms. The highest BCUT2D eigenvalue weighted by molar-refractivity contribution is 5.76. The van der Waals surface area contributed by atoms with Crippen LogP contribution in [0.25, 0.3) is 0 Å². The van der Waals surface area contributed by atoms with Gasteiger partial charge in [0, 0.05) is 25.6 Å². The number of carboxylic acid groups (broad SMARTS) is 1. The zero-order valence-corrected chi connectivity index (χ0v) is 14.7. The highest BCUT2D eigenvalue weighted by Gasteiger charge is 2.29. The summed E-state index contributed by atoms with van der Waals surface area (Å²) in [5.41, 5.74) is 2.59. The Balaban J connectivity index is 1.59. The fourth-order valence-corrected chi connectivity index (χ4v) is 3.92. The van der Waals surface area contributed by atoms with Gasteiger partial charge in [0.15, 0.2) is 0 Å². The normalized spacial score (nSPS) is 22.8. The lowest BCUT2D eigenvalue weighted by molar-refractivity contribution is -0.143. The monoisotopic (exact) mass is 346 g/mol. The largest absolute Gasteiger partial charge is 0.497 e. The standard InChI is InChI=1S/C19H26N2O4/c1-25-16-7-8-17-13(10-16)4-2-5-14(17)11-20-19(24)21-9-3-6-15(12-21)18(22)23/h7-8,10,14-15H,2-6,9,11-12H2,1H3,(H,20,24)(H,22,23). The van der Waals surface area contributed by atoms with Crippen LogP contribution >= 0.6 is 0 Å². The van der Waals surface area contributed by atoms with Crippen LogP contribution < -0.4 is 10.1 Å². The molecule has 2 unspecified atom stereocenters. The summed E-state index contributed by atoms with van der Waals surface area (Å²) in [5, 5.41) is 12.2. The van der Waals surface area contributed by atoms with Gasteiger partial charge in [-0.15, -0.1) is 0 Å². The number of nitrogens with one attached hydrogen (secondary N) is 1. The van der Waals surface area contributed by atoms with Crippen molar-refractivity contribution in [2.24, 2.45) is 5.92 Å². The zero-order valence-electron chi connectivity index (χ0n) is 14.7. The molecule has 136 valence electrons. The van der Waals surface area contributed by atoms with Gasteiger partial charge in [-0.2, -0.15) is 0 Å². The average molecular weight is 346 g/mol. The molecule has 3 rings (SSSR count). The molecule has 6 nitrogen and oxygen atoms in total. The van der Waals surface area contributed by atoms with Crippen LogP contribution in [-0.2, 0) is 11.2 Å². The van der Waals surface area contributed by atoms with E-state index in [2.05, 4.69) is 17.4 Å². The molecule has 2 amide bonds. The molecule has 0 spiro atoms. The number of ether oxygens (including phenoxy) is 1. The summed E-state index contributed by atoms with van der Waals surface area (Å²) < 4.78 is 5.30. The van der Waals surface area contributed by atoms with Crippen molar-refractivity contribution in [3.63, 3.8) is 0 Å². The highest BCUT2D eigenvalue weighted by atomic mass is 16.5. The van der Waals surface area contributed by atoms with Crippen molar-refractivity contribution < 1.29 is 19.4 Å². The maximum Gasteiger partial charge on any atom is 0.317 e. The Morgan fingerprint density at radius 2 is 2.16 bits per heavy atom. The van der Waals surface area contributed by atoms with Gasteiger partial charge in [-0.1, -0.05) is 6.07 Å². The van der Waals surface area contributed by atoms with Gasteiger partial charge in [-0.25, -0.2) is 4.79 Å². The van der Waals surface area contributed by atoms with Crippen LogP contribution in [-0.4, -0.2) is 48.8 Å². The van der Waals surface area contributed by atoms with E-state index in [9.17, 15) is 9.59 Å². The molecule has 6 heteroatoms. The van der Waals surface area contributed by atoms with Crippen molar-refractivity contribution in [2.75, 3.05) is 26.7 Å². The van der Waals surface area contributed by atoms with Crippen LogP contribution in [0.1, 0.15) is 42.7 Å². The molecule has 2 aliphatic rings. The number of rotatable bonds is 4. The van der Waals surface area contributed by atoms with Gasteiger partial charge >= 0.3 is 12.0 Å². The minimum Gasteiger partial charge on any atom is -0.497 e. The number of amides is 2. The number of urea groups is 1. The molecular formula is C19H26N2O4. The molecule has 1 aromatic rings. The van der Waals surface area contributed by atoms with Gasteiger partial charge in [-0.05, 0) is 55.4 Å². The van der Waals surface area contributed by atoms with E-state index in [1.54, 1.807) is 12.0 Å². The van der Waals surface area contributed by atoms with E-state index in [-0.39, 0.29) is 6.03 Å². The quantitative estimate of drug-likeness (QED) is 0.878. The number of nitrogens with zero attached hydrogens (tertiary/aromatic N) is 1. The third kappa shape index (κ3) is 4.06. The second-order valence-corrected chi connectivity index (χ2v) is 6.96. The predicted molar refractivity (Wildman–Crippen MR) is 94.0 cm³/mol. The predicted octanol–water partition coefficient (Wildman–Crippen LogP) is 2.62. The lowest BCUT2D eigenvalue weighted by Gasteiger charge is -2.32. The lowest BCUT2D eigenvalue weighted by atomic mass is 9.82. The molecular weight excluding hydrogens is 320 g/mol. The number of fused-ring (bicyclic) bond motifs is 1. The van der Waals surface area contributed by atoms with Gasteiger partial charge in [-0.3, -0.25) is 4.79 Å². The number of aliphatic carboxylic acids is 1. The summed E-state index contributed by atoms with van der Waals surface area (Å²) in [6.07, 6.45) is 4.60. The zero-order chi connectivity index (χ0) is 17.8. The van der Waals surface area contributed by atoms with Crippen LogP contribution in [0.3, 0.4) is 0 Å². The van der Waals surface area contributed by atoms with Gasteiger partial charge < -0.3 is 20.1 Å². The van der Waals surface area contributed by atoms with Gasteiger partial charge in [0.25, 0.3) is 0 Å². The van der Waals surface area contributed by atoms with Crippen molar-refractivity contribution >= 4 is 12.0 Å². The van der Waals surface area contributed by atoms with E-state index in [4.69, 9.17) is 9.84 Å². The first-order valence-electron chi connectivity index (χ1n) is 9.01. The number of carbonyl (C=O) groups excluding carboxylic acids is 1. The molecule has 1 aliphatic heterocycles. The number of aryl methyl sites for hydroxylation is 1. The van der Waals surface area contributed by atoms with Crippen molar-refractivity contribution in [1.82, 2.24) is 10.2 Å². The SMILES string of the molecule is COc1ccc2c(c1)CCCC2CNC(=O)N1CCCC(C(=O)O)C1. The van der Waals surface area contributed by atoms with Crippen molar-refractivity contribution in [1.29, 1.82) is 0 Å². The van der Waals surface area contributed by atoms with Crippen LogP contribution in [0, 0.1) is 5.92 Å². The smallest absolute Gasteiger partial charge is 0.317 e. The van der Waals surface area contributed by atoms with E-state index >= 15 is 0 Å². The van der Waals surface area contributed by atoms with E-state index in [1.807, 2.05) is 6.07 Å². The number of carbonyl (C=O) groups is 2. The van der Waals surface area contributed by atoms with Gasteiger partial charge in [0.05, 0.1) is 13.0 Å². The Kier molecular flexibility index (Phi) is 5.46. The average Bonchev–Trinajstić information content (AvgIpc) is 2.65. The Morgan fingerprint density at radius 1 is 1.32 bits per heavy atom. The molecule has 0 radical (unpaired) electrons. The fourth-order valence-electron chi connectivity index (χ4n) is 3.92. The maximum atomic E-state index is 12.4. The number of benzene rings is 1. The summed E-state index contributed by atoms with van der Waals surface area (Å²) in [7, 11) is 1.67. The number of hydrogen-bond acceptors (Lipinski definition) is 3. The topological polar surface area (TPSA) is 78.9 Å². The molecule has 0 aromatic heterocycles. The van der Waals surface area contributed by atoms with Crippen molar-refractivity contribution in [3.8, 4) is 5.75 Å². The first-order valence-corrected chi connectivity index (χ1v) is 9.01. The van der Waals surface area contributed by atoms with Crippen LogP contribution in [0.2, 0.25) is 0 Å². The van der Waals surface area contributed by atoms with Crippen LogP contribution in [0.5, 0.6) is 5.75 Å². The summed E-state index contributed by atoms with van der Waals surface area (Å²) in [5.74, 6) is -0.0786. The molecule has 0 bridgehead atoms. The Hall–Kier alpha value is -2.24. The molecule has 2 atom stereocenters. The number of likely N-dealkylation sites (tertiary alicyclic amines) is 1. The summed E-state index contributed by atoms with van der Waals surface area (Å²) in [4.78, 5) is 25.2. The highest BCUT2D eigenvalue weighted by Crippen LogP contribution is 2.33. The summed E-state index contributed by atoms with van der Waals surface area (Å²) in [6.45, 7) is 1.53. The maximum absolute atomic E-state index is 12.4. The second kappa shape index (κ2) is 7.76. The third-order valence-electron chi connectivity index (χ3n) is 5.35. The molecule has 1 aromatic carbocycles. The molecule has 1 saturated heterocycles. The molecule has 1 heterocycles. The van der Waals surface area contributed by atoms with Gasteiger partial charge in [0.1, 0.15) is 5.75 Å². The summed E-state index contributed by atoms with van der Waals surface area (Å²) >= 11 is 0. The Morgan fingerprint density at radius 3 is 2.92 bits per heavy atom. The molecule has 2 N–H and O–H groups in total. The lowest BCUT2D eigenvalue weighted by Crippen LogP contribution is -2.47. The fraction of sp³-hybridized carbons (Fsp3) is 0.579. The first-order chi connectivity index (χ1) is 12.1. The van der Waals surface area contributed by atoms with E-state index < -0.39 is 11.9 Å². The van der Waals surface area contributed by atoms with Gasteiger partial charge in [0.2, 0.25) is 0 Å². The minimum atomic E-state index is -0.812. The van der Waals surface area contributed by atoms with Crippen LogP contribution in [0.15, 0.2) is 18.2 Å². The first kappa shape index (κ1) is 17.6. The molecule has 0 saturated carbocycles. The minimum absolute atomic E-state index is 0.147. The van der Waals surface area contributed by atoms with Crippen LogP contribution in [0.4, 0.5) is 4.79 Å².